The molecule has 130 valence electrons. The van der Waals surface area contributed by atoms with Crippen molar-refractivity contribution in [3.05, 3.63) is 42.0 Å². The molecule has 0 saturated heterocycles. The van der Waals surface area contributed by atoms with Gasteiger partial charge in [0.25, 0.3) is 0 Å². The molecule has 2 aromatic heterocycles. The Bertz CT molecular complexity index is 748. The van der Waals surface area contributed by atoms with E-state index < -0.39 is 12.7 Å². The van der Waals surface area contributed by atoms with E-state index in [1.165, 1.54) is 31.1 Å². The van der Waals surface area contributed by atoms with Gasteiger partial charge in [0.05, 0.1) is 5.75 Å². The Morgan fingerprint density at radius 1 is 1.42 bits per heavy atom. The van der Waals surface area contributed by atoms with Crippen LogP contribution in [0.5, 0.6) is 0 Å². The van der Waals surface area contributed by atoms with Crippen LogP contribution in [0, 0.1) is 13.8 Å². The molecule has 24 heavy (non-hydrogen) atoms. The predicted octanol–water partition coefficient (Wildman–Crippen LogP) is 3.42. The molecular formula is C15H17F3N4OS. The van der Waals surface area contributed by atoms with Gasteiger partial charge in [0, 0.05) is 23.5 Å². The predicted molar refractivity (Wildman–Crippen MR) is 85.2 cm³/mol. The molecule has 0 amide bonds. The second-order valence-corrected chi connectivity index (χ2v) is 6.20. The summed E-state index contributed by atoms with van der Waals surface area (Å²) in [5, 5.41) is 8.25. The molecular weight excluding hydrogens is 341 g/mol. The van der Waals surface area contributed by atoms with Gasteiger partial charge in [-0.1, -0.05) is 17.8 Å². The number of Topliss-reactive ketones (excluding diaryl/α,β-unsaturated/α-hetero) is 1. The fraction of sp³-hybridized carbons (Fsp3) is 0.400. The molecule has 0 aliphatic rings. The van der Waals surface area contributed by atoms with Crippen molar-refractivity contribution in [2.75, 3.05) is 5.75 Å². The summed E-state index contributed by atoms with van der Waals surface area (Å²) in [7, 11) is 0. The Morgan fingerprint density at radius 3 is 2.75 bits per heavy atom. The van der Waals surface area contributed by atoms with Crippen LogP contribution in [0.25, 0.3) is 0 Å². The summed E-state index contributed by atoms with van der Waals surface area (Å²) >= 11 is 1.19. The largest absolute Gasteiger partial charge is 0.406 e. The molecule has 0 aromatic carbocycles. The number of carbonyl (C=O) groups is 1. The van der Waals surface area contributed by atoms with E-state index in [9.17, 15) is 18.0 Å². The minimum Gasteiger partial charge on any atom is -0.339 e. The van der Waals surface area contributed by atoms with Gasteiger partial charge in [-0.3, -0.25) is 4.79 Å². The van der Waals surface area contributed by atoms with Crippen molar-refractivity contribution < 1.29 is 18.0 Å². The Balaban J connectivity index is 2.11. The monoisotopic (exact) mass is 358 g/mol. The lowest BCUT2D eigenvalue weighted by molar-refractivity contribution is -0.141. The number of hydrogen-bond donors (Lipinski definition) is 0. The molecule has 0 atom stereocenters. The van der Waals surface area contributed by atoms with Gasteiger partial charge in [-0.05, 0) is 19.9 Å². The number of aromatic nitrogens is 4. The van der Waals surface area contributed by atoms with Gasteiger partial charge >= 0.3 is 6.18 Å². The second-order valence-electron chi connectivity index (χ2n) is 5.25. The highest BCUT2D eigenvalue weighted by Gasteiger charge is 2.30. The normalized spacial score (nSPS) is 11.7. The van der Waals surface area contributed by atoms with Crippen molar-refractivity contribution >= 4 is 17.5 Å². The third-order valence-corrected chi connectivity index (χ3v) is 4.43. The molecule has 2 aromatic rings. The highest BCUT2D eigenvalue weighted by molar-refractivity contribution is 7.99. The number of hydrogen-bond acceptors (Lipinski definition) is 4. The van der Waals surface area contributed by atoms with Crippen LogP contribution in [0.3, 0.4) is 0 Å². The molecule has 0 aliphatic heterocycles. The Kier molecular flexibility index (Phi) is 5.53. The number of rotatable bonds is 7. The van der Waals surface area contributed by atoms with Gasteiger partial charge in [0.1, 0.15) is 12.9 Å². The molecule has 0 radical (unpaired) electrons. The van der Waals surface area contributed by atoms with Gasteiger partial charge < -0.3 is 9.13 Å². The first-order valence-corrected chi connectivity index (χ1v) is 8.09. The number of nitrogens with zero attached hydrogens (tertiary/aromatic N) is 4. The van der Waals surface area contributed by atoms with Crippen LogP contribution in [-0.4, -0.2) is 37.0 Å². The third kappa shape index (κ3) is 4.28. The zero-order valence-corrected chi connectivity index (χ0v) is 14.1. The van der Waals surface area contributed by atoms with E-state index in [-0.39, 0.29) is 11.5 Å². The minimum absolute atomic E-state index is 0.0755. The van der Waals surface area contributed by atoms with Crippen LogP contribution in [0.2, 0.25) is 0 Å². The molecule has 9 heteroatoms. The highest BCUT2D eigenvalue weighted by Crippen LogP contribution is 2.25. The van der Waals surface area contributed by atoms with E-state index in [1.807, 2.05) is 0 Å². The van der Waals surface area contributed by atoms with Gasteiger partial charge in [-0.15, -0.1) is 16.8 Å². The number of ketones is 1. The van der Waals surface area contributed by atoms with Crippen molar-refractivity contribution in [1.82, 2.24) is 19.3 Å². The van der Waals surface area contributed by atoms with Crippen LogP contribution in [0.1, 0.15) is 21.7 Å². The van der Waals surface area contributed by atoms with Crippen molar-refractivity contribution in [2.45, 2.75) is 38.3 Å². The van der Waals surface area contributed by atoms with Crippen molar-refractivity contribution in [3.63, 3.8) is 0 Å². The molecule has 2 heterocycles. The number of halogens is 3. The maximum absolute atomic E-state index is 12.6. The van der Waals surface area contributed by atoms with Gasteiger partial charge in [-0.25, -0.2) is 0 Å². The van der Waals surface area contributed by atoms with Crippen molar-refractivity contribution in [3.8, 4) is 0 Å². The first kappa shape index (κ1) is 18.3. The quantitative estimate of drug-likeness (QED) is 0.432. The molecule has 5 nitrogen and oxygen atoms in total. The molecule has 0 aliphatic carbocycles. The minimum atomic E-state index is -4.33. The summed E-state index contributed by atoms with van der Waals surface area (Å²) in [6, 6.07) is 1.50. The number of allylic oxidation sites excluding steroid dienone is 1. The Morgan fingerprint density at radius 2 is 2.12 bits per heavy atom. The average molecular weight is 358 g/mol. The summed E-state index contributed by atoms with van der Waals surface area (Å²) in [5.74, 6) is -0.165. The Hall–Kier alpha value is -2.03. The third-order valence-electron chi connectivity index (χ3n) is 3.45. The van der Waals surface area contributed by atoms with Crippen molar-refractivity contribution in [2.24, 2.45) is 0 Å². The maximum Gasteiger partial charge on any atom is 0.406 e. The fourth-order valence-corrected chi connectivity index (χ4v) is 3.14. The molecule has 0 unspecified atom stereocenters. The smallest absolute Gasteiger partial charge is 0.339 e. The van der Waals surface area contributed by atoms with E-state index in [0.717, 1.165) is 4.57 Å². The maximum atomic E-state index is 12.6. The standard InChI is InChI=1S/C15H17F3N4OS/c1-4-5-21-9-19-20-14(21)24-7-13(23)12-6-10(2)22(11(12)3)8-15(16,17)18/h4,6,9H,1,5,7-8H2,2-3H3. The van der Waals surface area contributed by atoms with Crippen molar-refractivity contribution in [1.29, 1.82) is 0 Å². The first-order chi connectivity index (χ1) is 11.2. The Labute approximate surface area is 141 Å². The molecule has 0 saturated carbocycles. The summed E-state index contributed by atoms with van der Waals surface area (Å²) in [6.45, 7) is 6.13. The molecule has 0 N–H and O–H groups in total. The summed E-state index contributed by atoms with van der Waals surface area (Å²) < 4.78 is 40.7. The van der Waals surface area contributed by atoms with Crippen LogP contribution in [0.15, 0.2) is 30.2 Å². The SMILES string of the molecule is C=CCn1cnnc1SCC(=O)c1cc(C)n(CC(F)(F)F)c1C. The number of thioether (sulfide) groups is 1. The van der Waals surface area contributed by atoms with E-state index in [2.05, 4.69) is 16.8 Å². The number of carbonyl (C=O) groups excluding carboxylic acids is 1. The lowest BCUT2D eigenvalue weighted by Crippen LogP contribution is -2.19. The van der Waals surface area contributed by atoms with E-state index in [0.29, 0.717) is 28.7 Å². The molecule has 0 bridgehead atoms. The summed E-state index contributed by atoms with van der Waals surface area (Å²) in [5.41, 5.74) is 1.04. The van der Waals surface area contributed by atoms with Crippen LogP contribution >= 0.6 is 11.8 Å². The lowest BCUT2D eigenvalue weighted by atomic mass is 10.2. The lowest BCUT2D eigenvalue weighted by Gasteiger charge is -2.12. The number of alkyl halides is 3. The fourth-order valence-electron chi connectivity index (χ4n) is 2.33. The highest BCUT2D eigenvalue weighted by atomic mass is 32.2. The van der Waals surface area contributed by atoms with E-state index >= 15 is 0 Å². The van der Waals surface area contributed by atoms with Gasteiger partial charge in [0.15, 0.2) is 10.9 Å². The summed E-state index contributed by atoms with van der Waals surface area (Å²) in [6.07, 6.45) is -1.12. The first-order valence-electron chi connectivity index (χ1n) is 7.11. The van der Waals surface area contributed by atoms with Crippen LogP contribution < -0.4 is 0 Å². The van der Waals surface area contributed by atoms with Gasteiger partial charge in [0.2, 0.25) is 0 Å². The second kappa shape index (κ2) is 7.25. The van der Waals surface area contributed by atoms with Crippen LogP contribution in [-0.2, 0) is 13.1 Å². The molecule has 2 rings (SSSR count). The van der Waals surface area contributed by atoms with E-state index in [4.69, 9.17) is 0 Å². The molecule has 0 fully saturated rings. The summed E-state index contributed by atoms with van der Waals surface area (Å²) in [4.78, 5) is 12.4. The zero-order valence-electron chi connectivity index (χ0n) is 13.3. The van der Waals surface area contributed by atoms with E-state index in [1.54, 1.807) is 17.6 Å². The van der Waals surface area contributed by atoms with Gasteiger partial charge in [-0.2, -0.15) is 13.2 Å². The van der Waals surface area contributed by atoms with Crippen LogP contribution in [0.4, 0.5) is 13.2 Å². The zero-order chi connectivity index (χ0) is 17.9. The average Bonchev–Trinajstić information content (AvgIpc) is 3.03. The molecule has 0 spiro atoms. The topological polar surface area (TPSA) is 52.7 Å². The number of aryl methyl sites for hydroxylation is 1.